The Balaban J connectivity index is 2.13. The molecule has 0 bridgehead atoms. The molecule has 0 spiro atoms. The van der Waals surface area contributed by atoms with Gasteiger partial charge in [-0.1, -0.05) is 42.5 Å². The molecule has 2 aromatic rings. The van der Waals surface area contributed by atoms with Gasteiger partial charge in [0.25, 0.3) is 0 Å². The highest BCUT2D eigenvalue weighted by molar-refractivity contribution is 5.95. The maximum Gasteiger partial charge on any atom is 0.321 e. The molecule has 120 valence electrons. The van der Waals surface area contributed by atoms with E-state index < -0.39 is 11.9 Å². The van der Waals surface area contributed by atoms with Gasteiger partial charge in [-0.15, -0.1) is 0 Å². The molecular weight excluding hydrogens is 297 g/mol. The summed E-state index contributed by atoms with van der Waals surface area (Å²) in [5, 5.41) is 7.58. The highest BCUT2D eigenvalue weighted by atomic mass is 19.1. The highest BCUT2D eigenvalue weighted by Gasteiger charge is 2.15. The number of carbonyl (C=O) groups is 2. The van der Waals surface area contributed by atoms with E-state index in [0.717, 1.165) is 11.1 Å². The van der Waals surface area contributed by atoms with Crippen molar-refractivity contribution in [2.24, 2.45) is 0 Å². The Kier molecular flexibility index (Phi) is 5.82. The summed E-state index contributed by atoms with van der Waals surface area (Å²) in [7, 11) is 1.43. The van der Waals surface area contributed by atoms with Gasteiger partial charge in [-0.25, -0.2) is 9.18 Å². The Labute approximate surface area is 133 Å². The number of rotatable bonds is 5. The van der Waals surface area contributed by atoms with Gasteiger partial charge >= 0.3 is 6.03 Å². The standard InChI is InChI=1S/C17H18FN3O2/c1-19-17(23)21-15(22)11-20-16(12-5-3-2-4-6-12)13-7-9-14(18)10-8-13/h2-10,16,20H,11H2,1H3,(H2,19,21,22,23). The third-order valence-corrected chi connectivity index (χ3v) is 3.28. The minimum Gasteiger partial charge on any atom is -0.341 e. The van der Waals surface area contributed by atoms with Crippen molar-refractivity contribution in [3.8, 4) is 0 Å². The van der Waals surface area contributed by atoms with Crippen LogP contribution in [-0.2, 0) is 4.79 Å². The van der Waals surface area contributed by atoms with Crippen molar-refractivity contribution in [3.05, 3.63) is 71.5 Å². The first-order chi connectivity index (χ1) is 11.1. The summed E-state index contributed by atoms with van der Waals surface area (Å²) in [5.74, 6) is -0.773. The van der Waals surface area contributed by atoms with E-state index in [1.54, 1.807) is 12.1 Å². The zero-order valence-corrected chi connectivity index (χ0v) is 12.7. The molecule has 0 aliphatic carbocycles. The molecule has 0 aliphatic heterocycles. The van der Waals surface area contributed by atoms with Crippen molar-refractivity contribution in [2.75, 3.05) is 13.6 Å². The van der Waals surface area contributed by atoms with Crippen molar-refractivity contribution in [2.45, 2.75) is 6.04 Å². The summed E-state index contributed by atoms with van der Waals surface area (Å²) in [5.41, 5.74) is 1.76. The van der Waals surface area contributed by atoms with Gasteiger partial charge in [0.2, 0.25) is 5.91 Å². The molecule has 1 atom stereocenters. The van der Waals surface area contributed by atoms with Crippen LogP contribution in [0.15, 0.2) is 54.6 Å². The second-order valence-corrected chi connectivity index (χ2v) is 4.90. The zero-order valence-electron chi connectivity index (χ0n) is 12.7. The molecule has 0 radical (unpaired) electrons. The lowest BCUT2D eigenvalue weighted by Gasteiger charge is -2.19. The summed E-state index contributed by atoms with van der Waals surface area (Å²) in [6.45, 7) is -0.0512. The largest absolute Gasteiger partial charge is 0.341 e. The SMILES string of the molecule is CNC(=O)NC(=O)CNC(c1ccccc1)c1ccc(F)cc1. The van der Waals surface area contributed by atoms with E-state index in [-0.39, 0.29) is 18.4 Å². The number of carbonyl (C=O) groups excluding carboxylic acids is 2. The third kappa shape index (κ3) is 4.89. The van der Waals surface area contributed by atoms with Crippen LogP contribution in [0.3, 0.4) is 0 Å². The number of nitrogens with one attached hydrogen (secondary N) is 3. The van der Waals surface area contributed by atoms with Crippen LogP contribution < -0.4 is 16.0 Å². The number of hydrogen-bond donors (Lipinski definition) is 3. The molecule has 0 heterocycles. The van der Waals surface area contributed by atoms with E-state index in [9.17, 15) is 14.0 Å². The molecule has 0 aliphatic rings. The van der Waals surface area contributed by atoms with E-state index in [1.165, 1.54) is 19.2 Å². The zero-order chi connectivity index (χ0) is 16.7. The van der Waals surface area contributed by atoms with Crippen molar-refractivity contribution in [1.29, 1.82) is 0 Å². The molecule has 23 heavy (non-hydrogen) atoms. The van der Waals surface area contributed by atoms with Crippen LogP contribution in [0.2, 0.25) is 0 Å². The molecule has 3 amide bonds. The van der Waals surface area contributed by atoms with Gasteiger partial charge < -0.3 is 5.32 Å². The number of halogens is 1. The Morgan fingerprint density at radius 2 is 1.61 bits per heavy atom. The van der Waals surface area contributed by atoms with Crippen molar-refractivity contribution >= 4 is 11.9 Å². The van der Waals surface area contributed by atoms with E-state index in [0.29, 0.717) is 0 Å². The minimum atomic E-state index is -0.560. The molecule has 2 aromatic carbocycles. The van der Waals surface area contributed by atoms with Gasteiger partial charge in [0.15, 0.2) is 0 Å². The Morgan fingerprint density at radius 1 is 1.00 bits per heavy atom. The predicted molar refractivity (Wildman–Crippen MR) is 85.3 cm³/mol. The quantitative estimate of drug-likeness (QED) is 0.790. The van der Waals surface area contributed by atoms with Crippen molar-refractivity contribution < 1.29 is 14.0 Å². The number of benzene rings is 2. The number of urea groups is 1. The minimum absolute atomic E-state index is 0.0512. The second-order valence-electron chi connectivity index (χ2n) is 4.90. The van der Waals surface area contributed by atoms with E-state index in [2.05, 4.69) is 16.0 Å². The van der Waals surface area contributed by atoms with Crippen LogP contribution in [0.4, 0.5) is 9.18 Å². The molecule has 3 N–H and O–H groups in total. The fourth-order valence-electron chi connectivity index (χ4n) is 2.16. The van der Waals surface area contributed by atoms with Crippen LogP contribution in [0.5, 0.6) is 0 Å². The van der Waals surface area contributed by atoms with Crippen molar-refractivity contribution in [1.82, 2.24) is 16.0 Å². The Hall–Kier alpha value is -2.73. The molecule has 0 saturated heterocycles. The lowest BCUT2D eigenvalue weighted by molar-refractivity contribution is -0.119. The van der Waals surface area contributed by atoms with Gasteiger partial charge in [0, 0.05) is 7.05 Å². The van der Waals surface area contributed by atoms with Gasteiger partial charge in [0.05, 0.1) is 12.6 Å². The summed E-state index contributed by atoms with van der Waals surface area (Å²) >= 11 is 0. The van der Waals surface area contributed by atoms with Gasteiger partial charge in [-0.05, 0) is 23.3 Å². The highest BCUT2D eigenvalue weighted by Crippen LogP contribution is 2.21. The average molecular weight is 315 g/mol. The lowest BCUT2D eigenvalue weighted by atomic mass is 9.98. The normalized spacial score (nSPS) is 11.6. The molecule has 0 saturated carbocycles. The molecule has 1 unspecified atom stereocenters. The first-order valence-corrected chi connectivity index (χ1v) is 7.15. The van der Waals surface area contributed by atoms with Crippen molar-refractivity contribution in [3.63, 3.8) is 0 Å². The Morgan fingerprint density at radius 3 is 2.22 bits per heavy atom. The number of hydrogen-bond acceptors (Lipinski definition) is 3. The van der Waals surface area contributed by atoms with E-state index in [4.69, 9.17) is 0 Å². The Bertz CT molecular complexity index is 659. The fraction of sp³-hybridized carbons (Fsp3) is 0.176. The van der Waals surface area contributed by atoms with E-state index in [1.807, 2.05) is 30.3 Å². The van der Waals surface area contributed by atoms with Crippen LogP contribution >= 0.6 is 0 Å². The van der Waals surface area contributed by atoms with Crippen LogP contribution in [0, 0.1) is 5.82 Å². The molecule has 0 fully saturated rings. The maximum atomic E-state index is 13.1. The van der Waals surface area contributed by atoms with E-state index >= 15 is 0 Å². The fourth-order valence-corrected chi connectivity index (χ4v) is 2.16. The maximum absolute atomic E-state index is 13.1. The summed E-state index contributed by atoms with van der Waals surface area (Å²) in [4.78, 5) is 22.9. The second kappa shape index (κ2) is 8.05. The predicted octanol–water partition coefficient (Wildman–Crippen LogP) is 1.96. The van der Waals surface area contributed by atoms with Gasteiger partial charge in [0.1, 0.15) is 5.82 Å². The van der Waals surface area contributed by atoms with Gasteiger partial charge in [-0.3, -0.25) is 15.4 Å². The lowest BCUT2D eigenvalue weighted by Crippen LogP contribution is -2.42. The molecule has 6 heteroatoms. The topological polar surface area (TPSA) is 70.2 Å². The first kappa shape index (κ1) is 16.6. The molecule has 5 nitrogen and oxygen atoms in total. The average Bonchev–Trinajstić information content (AvgIpc) is 2.57. The number of amides is 3. The molecule has 2 rings (SSSR count). The van der Waals surface area contributed by atoms with Crippen LogP contribution in [0.1, 0.15) is 17.2 Å². The summed E-state index contributed by atoms with van der Waals surface area (Å²) in [6, 6.07) is 14.7. The molecule has 0 aromatic heterocycles. The molecular formula is C17H18FN3O2. The summed E-state index contributed by atoms with van der Waals surface area (Å²) in [6.07, 6.45) is 0. The van der Waals surface area contributed by atoms with Crippen LogP contribution in [-0.4, -0.2) is 25.5 Å². The van der Waals surface area contributed by atoms with Crippen LogP contribution in [0.25, 0.3) is 0 Å². The first-order valence-electron chi connectivity index (χ1n) is 7.15. The van der Waals surface area contributed by atoms with Gasteiger partial charge in [-0.2, -0.15) is 0 Å². The number of imide groups is 1. The smallest absolute Gasteiger partial charge is 0.321 e. The monoisotopic (exact) mass is 315 g/mol. The summed E-state index contributed by atoms with van der Waals surface area (Å²) < 4.78 is 13.1. The third-order valence-electron chi connectivity index (χ3n) is 3.28.